The number of aryl methyl sites for hydroxylation is 2. The first-order chi connectivity index (χ1) is 8.99. The average Bonchev–Trinajstić information content (AvgIpc) is 2.67. The van der Waals surface area contributed by atoms with Crippen molar-refractivity contribution in [3.05, 3.63) is 34.1 Å². The van der Waals surface area contributed by atoms with Gasteiger partial charge in [-0.05, 0) is 6.92 Å². The number of nitro groups is 1. The van der Waals surface area contributed by atoms with E-state index in [0.29, 0.717) is 5.82 Å². The maximum atomic E-state index is 10.8. The van der Waals surface area contributed by atoms with Crippen LogP contribution in [0.2, 0.25) is 0 Å². The molecule has 0 aliphatic rings. The summed E-state index contributed by atoms with van der Waals surface area (Å²) in [5.74, 6) is 5.76. The van der Waals surface area contributed by atoms with E-state index in [9.17, 15) is 10.1 Å². The number of nitrogens with one attached hydrogen (secondary N) is 2. The fourth-order valence-electron chi connectivity index (χ4n) is 1.62. The molecule has 0 aliphatic carbocycles. The first-order valence-electron chi connectivity index (χ1n) is 5.40. The summed E-state index contributed by atoms with van der Waals surface area (Å²) in [6.45, 7) is 1.82. The number of nitrogens with zero attached hydrogens (tertiary/aromatic N) is 4. The van der Waals surface area contributed by atoms with Gasteiger partial charge in [0.15, 0.2) is 0 Å². The average molecular weight is 263 g/mol. The van der Waals surface area contributed by atoms with Gasteiger partial charge in [-0.3, -0.25) is 14.8 Å². The predicted octanol–water partition coefficient (Wildman–Crippen LogP) is 1.06. The van der Waals surface area contributed by atoms with Crippen LogP contribution in [0.3, 0.4) is 0 Å². The molecule has 100 valence electrons. The minimum atomic E-state index is -0.510. The minimum absolute atomic E-state index is 0.105. The fourth-order valence-corrected chi connectivity index (χ4v) is 1.62. The topological polar surface area (TPSA) is 124 Å². The van der Waals surface area contributed by atoms with E-state index in [0.717, 1.165) is 11.4 Å². The molecule has 0 fully saturated rings. The van der Waals surface area contributed by atoms with Gasteiger partial charge in [-0.2, -0.15) is 5.10 Å². The lowest BCUT2D eigenvalue weighted by atomic mass is 10.3. The fraction of sp³-hybridized carbons (Fsp3) is 0.200. The number of nitrogens with two attached hydrogens (primary N) is 1. The molecule has 0 atom stereocenters. The van der Waals surface area contributed by atoms with Crippen LogP contribution in [0.1, 0.15) is 5.69 Å². The highest BCUT2D eigenvalue weighted by Crippen LogP contribution is 2.24. The lowest BCUT2D eigenvalue weighted by Crippen LogP contribution is -2.10. The van der Waals surface area contributed by atoms with E-state index >= 15 is 0 Å². The molecule has 0 saturated heterocycles. The Morgan fingerprint density at radius 1 is 1.42 bits per heavy atom. The Bertz CT molecular complexity index is 622. The number of hydrazine groups is 1. The van der Waals surface area contributed by atoms with Gasteiger partial charge in [-0.1, -0.05) is 0 Å². The largest absolute Gasteiger partial charge is 0.337 e. The van der Waals surface area contributed by atoms with Gasteiger partial charge in [0, 0.05) is 13.2 Å². The van der Waals surface area contributed by atoms with Gasteiger partial charge >= 0.3 is 0 Å². The molecule has 0 radical (unpaired) electrons. The summed E-state index contributed by atoms with van der Waals surface area (Å²) in [5, 5.41) is 17.9. The van der Waals surface area contributed by atoms with Crippen LogP contribution in [0.25, 0.3) is 0 Å². The number of anilines is 3. The number of aromatic nitrogens is 3. The molecule has 0 amide bonds. The van der Waals surface area contributed by atoms with Crippen molar-refractivity contribution in [3.63, 3.8) is 0 Å². The lowest BCUT2D eigenvalue weighted by Gasteiger charge is -2.06. The Morgan fingerprint density at radius 3 is 2.63 bits per heavy atom. The first-order valence-corrected chi connectivity index (χ1v) is 5.40. The monoisotopic (exact) mass is 263 g/mol. The Balaban J connectivity index is 2.36. The van der Waals surface area contributed by atoms with Crippen molar-refractivity contribution < 1.29 is 4.92 Å². The Hall–Kier alpha value is -2.68. The second-order valence-corrected chi connectivity index (χ2v) is 3.92. The van der Waals surface area contributed by atoms with Crippen molar-refractivity contribution >= 4 is 23.0 Å². The smallest absolute Gasteiger partial charge is 0.276 e. The molecule has 2 rings (SSSR count). The van der Waals surface area contributed by atoms with Gasteiger partial charge in [0.25, 0.3) is 5.69 Å². The zero-order valence-electron chi connectivity index (χ0n) is 10.4. The standard InChI is InChI=1S/C10H13N7O2/c1-6-8(5-16(2)15-6)12-9-3-7(17(18)19)4-10(13-9)14-11/h3-5H,11H2,1-2H3,(H2,12,13,14). The lowest BCUT2D eigenvalue weighted by molar-refractivity contribution is -0.384. The number of hydrogen-bond acceptors (Lipinski definition) is 7. The molecule has 0 saturated carbocycles. The molecule has 9 nitrogen and oxygen atoms in total. The van der Waals surface area contributed by atoms with E-state index < -0.39 is 4.92 Å². The van der Waals surface area contributed by atoms with Crippen LogP contribution in [0.5, 0.6) is 0 Å². The molecule has 2 aromatic heterocycles. The Kier molecular flexibility index (Phi) is 3.29. The highest BCUT2D eigenvalue weighted by molar-refractivity contribution is 5.62. The Morgan fingerprint density at radius 2 is 2.11 bits per heavy atom. The van der Waals surface area contributed by atoms with E-state index in [4.69, 9.17) is 5.84 Å². The summed E-state index contributed by atoms with van der Waals surface area (Å²) in [5.41, 5.74) is 3.67. The maximum absolute atomic E-state index is 10.8. The Labute approximate surface area is 108 Å². The summed E-state index contributed by atoms with van der Waals surface area (Å²) in [7, 11) is 1.78. The van der Waals surface area contributed by atoms with Crippen LogP contribution in [0, 0.1) is 17.0 Å². The summed E-state index contributed by atoms with van der Waals surface area (Å²) >= 11 is 0. The number of pyridine rings is 1. The van der Waals surface area contributed by atoms with Crippen LogP contribution in [-0.2, 0) is 7.05 Å². The summed E-state index contributed by atoms with van der Waals surface area (Å²) in [4.78, 5) is 14.4. The maximum Gasteiger partial charge on any atom is 0.276 e. The zero-order valence-corrected chi connectivity index (χ0v) is 10.4. The van der Waals surface area contributed by atoms with Crippen molar-refractivity contribution in [1.29, 1.82) is 0 Å². The van der Waals surface area contributed by atoms with Crippen molar-refractivity contribution in [2.24, 2.45) is 12.9 Å². The highest BCUT2D eigenvalue weighted by Gasteiger charge is 2.12. The molecule has 0 aliphatic heterocycles. The normalized spacial score (nSPS) is 10.3. The van der Waals surface area contributed by atoms with Gasteiger partial charge in [-0.15, -0.1) is 0 Å². The third kappa shape index (κ3) is 2.77. The predicted molar refractivity (Wildman–Crippen MR) is 69.9 cm³/mol. The summed E-state index contributed by atoms with van der Waals surface area (Å²) in [6.07, 6.45) is 1.76. The molecule has 2 aromatic rings. The van der Waals surface area contributed by atoms with E-state index in [1.807, 2.05) is 6.92 Å². The zero-order chi connectivity index (χ0) is 14.0. The molecule has 4 N–H and O–H groups in total. The van der Waals surface area contributed by atoms with Gasteiger partial charge in [-0.25, -0.2) is 10.8 Å². The second kappa shape index (κ2) is 4.90. The van der Waals surface area contributed by atoms with E-state index in [2.05, 4.69) is 20.8 Å². The molecular weight excluding hydrogens is 250 g/mol. The van der Waals surface area contributed by atoms with Crippen molar-refractivity contribution in [2.75, 3.05) is 10.7 Å². The number of hydrogen-bond donors (Lipinski definition) is 3. The summed E-state index contributed by atoms with van der Waals surface area (Å²) in [6, 6.07) is 2.58. The van der Waals surface area contributed by atoms with Gasteiger partial charge in [0.1, 0.15) is 11.6 Å². The quantitative estimate of drug-likeness (QED) is 0.428. The van der Waals surface area contributed by atoms with Crippen LogP contribution in [0.4, 0.5) is 23.0 Å². The van der Waals surface area contributed by atoms with Crippen molar-refractivity contribution in [2.45, 2.75) is 6.92 Å². The van der Waals surface area contributed by atoms with Crippen molar-refractivity contribution in [1.82, 2.24) is 14.8 Å². The number of nitrogen functional groups attached to an aromatic ring is 1. The van der Waals surface area contributed by atoms with Crippen LogP contribution in [-0.4, -0.2) is 19.7 Å². The second-order valence-electron chi connectivity index (χ2n) is 3.92. The van der Waals surface area contributed by atoms with Crippen molar-refractivity contribution in [3.8, 4) is 0 Å². The third-order valence-electron chi connectivity index (χ3n) is 2.45. The molecule has 9 heteroatoms. The molecule has 0 unspecified atom stereocenters. The van der Waals surface area contributed by atoms with Crippen LogP contribution in [0.15, 0.2) is 18.3 Å². The highest BCUT2D eigenvalue weighted by atomic mass is 16.6. The first kappa shape index (κ1) is 12.8. The molecule has 19 heavy (non-hydrogen) atoms. The van der Waals surface area contributed by atoms with E-state index in [-0.39, 0.29) is 11.5 Å². The molecule has 0 aromatic carbocycles. The van der Waals surface area contributed by atoms with E-state index in [1.165, 1.54) is 12.1 Å². The molecule has 0 bridgehead atoms. The number of rotatable bonds is 4. The van der Waals surface area contributed by atoms with E-state index in [1.54, 1.807) is 17.9 Å². The van der Waals surface area contributed by atoms with Crippen LogP contribution >= 0.6 is 0 Å². The minimum Gasteiger partial charge on any atom is -0.337 e. The summed E-state index contributed by atoms with van der Waals surface area (Å²) < 4.78 is 1.64. The SMILES string of the molecule is Cc1nn(C)cc1Nc1cc([N+](=O)[O-])cc(NN)n1. The molecule has 0 spiro atoms. The van der Waals surface area contributed by atoms with Crippen LogP contribution < -0.4 is 16.6 Å². The van der Waals surface area contributed by atoms with Gasteiger partial charge in [0.05, 0.1) is 28.4 Å². The molecular formula is C10H13N7O2. The van der Waals surface area contributed by atoms with Gasteiger partial charge in [0.2, 0.25) is 0 Å². The van der Waals surface area contributed by atoms with Gasteiger partial charge < -0.3 is 10.7 Å². The molecule has 2 heterocycles. The third-order valence-corrected chi connectivity index (χ3v) is 2.45.